The predicted octanol–water partition coefficient (Wildman–Crippen LogP) is 1.35. The summed E-state index contributed by atoms with van der Waals surface area (Å²) in [7, 11) is 0. The quantitative estimate of drug-likeness (QED) is 0.756. The molecule has 0 radical (unpaired) electrons. The monoisotopic (exact) mass is 233 g/mol. The Balaban J connectivity index is 2.05. The minimum Gasteiger partial charge on any atom is -0.285 e. The van der Waals surface area contributed by atoms with E-state index in [4.69, 9.17) is 0 Å². The first-order valence-electron chi connectivity index (χ1n) is 4.68. The molecule has 1 saturated heterocycles. The van der Waals surface area contributed by atoms with Gasteiger partial charge in [0, 0.05) is 5.69 Å². The first-order chi connectivity index (χ1) is 7.74. The molecule has 2 heterocycles. The van der Waals surface area contributed by atoms with E-state index >= 15 is 0 Å². The fraction of sp³-hybridized carbons (Fsp3) is 0.100. The van der Waals surface area contributed by atoms with Crippen LogP contribution in [0.25, 0.3) is 10.2 Å². The molecule has 0 bridgehead atoms. The van der Waals surface area contributed by atoms with E-state index in [-0.39, 0.29) is 18.5 Å². The maximum absolute atomic E-state index is 11.4. The van der Waals surface area contributed by atoms with Crippen LogP contribution >= 0.6 is 11.3 Å². The van der Waals surface area contributed by atoms with Gasteiger partial charge in [0.15, 0.2) is 0 Å². The summed E-state index contributed by atoms with van der Waals surface area (Å²) < 4.78 is 1.00. The molecule has 1 aromatic heterocycles. The van der Waals surface area contributed by atoms with Crippen LogP contribution in [0.15, 0.2) is 23.7 Å². The second-order valence-electron chi connectivity index (χ2n) is 3.44. The van der Waals surface area contributed by atoms with Gasteiger partial charge < -0.3 is 0 Å². The Morgan fingerprint density at radius 2 is 2.25 bits per heavy atom. The number of benzene rings is 1. The number of aromatic nitrogens is 1. The molecule has 0 spiro atoms. The van der Waals surface area contributed by atoms with E-state index in [0.717, 1.165) is 15.9 Å². The van der Waals surface area contributed by atoms with Gasteiger partial charge in [-0.25, -0.2) is 9.78 Å². The molecule has 2 aromatic rings. The Hall–Kier alpha value is -1.95. The number of amides is 3. The Morgan fingerprint density at radius 3 is 3.00 bits per heavy atom. The lowest BCUT2D eigenvalue weighted by molar-refractivity contribution is -0.117. The van der Waals surface area contributed by atoms with Crippen molar-refractivity contribution < 1.29 is 9.59 Å². The molecule has 1 N–H and O–H groups in total. The Labute approximate surface area is 94.7 Å². The van der Waals surface area contributed by atoms with Crippen molar-refractivity contribution in [1.82, 2.24) is 10.3 Å². The Bertz CT molecular complexity index is 593. The largest absolute Gasteiger partial charge is 0.329 e. The van der Waals surface area contributed by atoms with Crippen LogP contribution in [0.5, 0.6) is 0 Å². The standard InChI is InChI=1S/C10H7N3O2S/c14-9-4-13(10(15)12-9)6-1-2-7-8(3-6)16-5-11-7/h1-3,5H,4H2,(H,12,14,15). The van der Waals surface area contributed by atoms with Gasteiger partial charge in [0.05, 0.1) is 15.7 Å². The smallest absolute Gasteiger partial charge is 0.285 e. The fourth-order valence-electron chi connectivity index (χ4n) is 1.66. The van der Waals surface area contributed by atoms with Crippen molar-refractivity contribution in [2.45, 2.75) is 0 Å². The molecule has 1 aliphatic rings. The number of hydrogen-bond acceptors (Lipinski definition) is 4. The number of carbonyl (C=O) groups is 2. The molecule has 0 saturated carbocycles. The summed E-state index contributed by atoms with van der Waals surface area (Å²) in [6.45, 7) is 0.0865. The second kappa shape index (κ2) is 3.28. The van der Waals surface area contributed by atoms with Gasteiger partial charge in [-0.1, -0.05) is 0 Å². The summed E-state index contributed by atoms with van der Waals surface area (Å²) in [5, 5.41) is 2.24. The van der Waals surface area contributed by atoms with E-state index in [1.807, 2.05) is 12.1 Å². The third-order valence-corrected chi connectivity index (χ3v) is 3.21. The summed E-state index contributed by atoms with van der Waals surface area (Å²) in [6, 6.07) is 5.14. The lowest BCUT2D eigenvalue weighted by Gasteiger charge is -2.12. The van der Waals surface area contributed by atoms with Crippen LogP contribution in [0, 0.1) is 0 Å². The average Bonchev–Trinajstić information content (AvgIpc) is 2.83. The molecule has 3 rings (SSSR count). The van der Waals surface area contributed by atoms with Gasteiger partial charge in [-0.2, -0.15) is 0 Å². The van der Waals surface area contributed by atoms with Crippen LogP contribution in [0.3, 0.4) is 0 Å². The summed E-state index contributed by atoms with van der Waals surface area (Å²) in [4.78, 5) is 28.1. The molecule has 80 valence electrons. The number of urea groups is 1. The highest BCUT2D eigenvalue weighted by atomic mass is 32.1. The molecule has 16 heavy (non-hydrogen) atoms. The summed E-state index contributed by atoms with van der Waals surface area (Å²) in [5.74, 6) is -0.269. The van der Waals surface area contributed by atoms with Crippen molar-refractivity contribution >= 4 is 39.2 Å². The van der Waals surface area contributed by atoms with Crippen molar-refractivity contribution in [1.29, 1.82) is 0 Å². The van der Waals surface area contributed by atoms with Gasteiger partial charge >= 0.3 is 6.03 Å². The van der Waals surface area contributed by atoms with Gasteiger partial charge in [-0.15, -0.1) is 11.3 Å². The number of nitrogens with one attached hydrogen (secondary N) is 1. The van der Waals surface area contributed by atoms with E-state index in [9.17, 15) is 9.59 Å². The predicted molar refractivity (Wildman–Crippen MR) is 60.5 cm³/mol. The average molecular weight is 233 g/mol. The fourth-order valence-corrected chi connectivity index (χ4v) is 2.37. The minimum absolute atomic E-state index is 0.0865. The van der Waals surface area contributed by atoms with Crippen LogP contribution in [0.1, 0.15) is 0 Å². The number of anilines is 1. The number of fused-ring (bicyclic) bond motifs is 1. The Morgan fingerprint density at radius 1 is 1.38 bits per heavy atom. The maximum Gasteiger partial charge on any atom is 0.329 e. The molecule has 0 atom stereocenters. The number of carbonyl (C=O) groups excluding carboxylic acids is 2. The maximum atomic E-state index is 11.4. The van der Waals surface area contributed by atoms with Gasteiger partial charge in [0.25, 0.3) is 0 Å². The van der Waals surface area contributed by atoms with E-state index in [2.05, 4.69) is 10.3 Å². The van der Waals surface area contributed by atoms with Crippen LogP contribution in [-0.2, 0) is 4.79 Å². The molecule has 6 heteroatoms. The molecule has 1 fully saturated rings. The lowest BCUT2D eigenvalue weighted by Crippen LogP contribution is -2.27. The molecule has 1 aliphatic heterocycles. The summed E-state index contributed by atoms with van der Waals surface area (Å²) in [6.07, 6.45) is 0. The molecule has 3 amide bonds. The first-order valence-corrected chi connectivity index (χ1v) is 5.56. The van der Waals surface area contributed by atoms with Crippen LogP contribution < -0.4 is 10.2 Å². The van der Waals surface area contributed by atoms with Gasteiger partial charge in [0.1, 0.15) is 6.54 Å². The number of hydrogen-bond donors (Lipinski definition) is 1. The van der Waals surface area contributed by atoms with Crippen molar-refractivity contribution in [2.75, 3.05) is 11.4 Å². The van der Waals surface area contributed by atoms with Crippen molar-refractivity contribution in [3.63, 3.8) is 0 Å². The Kier molecular flexibility index (Phi) is 1.90. The zero-order chi connectivity index (χ0) is 11.1. The zero-order valence-corrected chi connectivity index (χ0v) is 8.95. The van der Waals surface area contributed by atoms with Gasteiger partial charge in [0.2, 0.25) is 5.91 Å². The molecule has 0 unspecified atom stereocenters. The topological polar surface area (TPSA) is 62.3 Å². The van der Waals surface area contributed by atoms with E-state index in [1.54, 1.807) is 11.6 Å². The highest BCUT2D eigenvalue weighted by molar-refractivity contribution is 7.16. The van der Waals surface area contributed by atoms with Crippen molar-refractivity contribution in [2.24, 2.45) is 0 Å². The number of rotatable bonds is 1. The number of thiazole rings is 1. The zero-order valence-electron chi connectivity index (χ0n) is 8.14. The van der Waals surface area contributed by atoms with E-state index in [1.165, 1.54) is 16.2 Å². The number of imide groups is 1. The highest BCUT2D eigenvalue weighted by Gasteiger charge is 2.27. The third kappa shape index (κ3) is 1.35. The SMILES string of the molecule is O=C1CN(c2ccc3ncsc3c2)C(=O)N1. The molecule has 5 nitrogen and oxygen atoms in total. The van der Waals surface area contributed by atoms with Crippen molar-refractivity contribution in [3.05, 3.63) is 23.7 Å². The van der Waals surface area contributed by atoms with Crippen LogP contribution in [0.4, 0.5) is 10.5 Å². The van der Waals surface area contributed by atoms with E-state index in [0.29, 0.717) is 0 Å². The first kappa shape index (κ1) is 9.29. The van der Waals surface area contributed by atoms with Gasteiger partial charge in [-0.3, -0.25) is 15.0 Å². The van der Waals surface area contributed by atoms with Gasteiger partial charge in [-0.05, 0) is 18.2 Å². The molecular formula is C10H7N3O2S. The summed E-state index contributed by atoms with van der Waals surface area (Å²) >= 11 is 1.51. The molecule has 1 aromatic carbocycles. The summed E-state index contributed by atoms with van der Waals surface area (Å²) in [5.41, 5.74) is 3.38. The normalized spacial score (nSPS) is 15.9. The third-order valence-electron chi connectivity index (χ3n) is 2.42. The molecule has 0 aliphatic carbocycles. The van der Waals surface area contributed by atoms with E-state index < -0.39 is 0 Å². The minimum atomic E-state index is -0.367. The van der Waals surface area contributed by atoms with Crippen LogP contribution in [-0.4, -0.2) is 23.5 Å². The van der Waals surface area contributed by atoms with Crippen LogP contribution in [0.2, 0.25) is 0 Å². The molecular weight excluding hydrogens is 226 g/mol. The lowest BCUT2D eigenvalue weighted by atomic mass is 10.3. The second-order valence-corrected chi connectivity index (χ2v) is 4.33. The number of nitrogens with zero attached hydrogens (tertiary/aromatic N) is 2. The highest BCUT2D eigenvalue weighted by Crippen LogP contribution is 2.25. The van der Waals surface area contributed by atoms with Crippen molar-refractivity contribution in [3.8, 4) is 0 Å².